The molecule has 2 amide bonds. The number of rotatable bonds is 9. The first-order chi connectivity index (χ1) is 20.8. The second-order valence-corrected chi connectivity index (χ2v) is 9.88. The molecule has 1 aliphatic rings. The number of benzene rings is 3. The summed E-state index contributed by atoms with van der Waals surface area (Å²) in [6.45, 7) is -0.490. The van der Waals surface area contributed by atoms with Crippen LogP contribution < -0.4 is 25.3 Å². The number of methoxy groups -OCH3 is 3. The first kappa shape index (κ1) is 29.1. The zero-order valence-corrected chi connectivity index (χ0v) is 24.1. The highest BCUT2D eigenvalue weighted by molar-refractivity contribution is 6.07. The molecule has 0 radical (unpaired) electrons. The number of ether oxygens (including phenoxy) is 4. The SMILES string of the molecule is COc1cc(/C=C2\CCCc3c2nc2ccccc2c3C(=O)OCC(=O)Nc2ccc(C(N)=O)cc2)cc(OC)c1OC. The summed E-state index contributed by atoms with van der Waals surface area (Å²) in [6.07, 6.45) is 4.19. The number of amides is 2. The van der Waals surface area contributed by atoms with Crippen molar-refractivity contribution in [3.63, 3.8) is 0 Å². The van der Waals surface area contributed by atoms with Crippen molar-refractivity contribution in [2.45, 2.75) is 19.3 Å². The molecule has 0 aliphatic heterocycles. The van der Waals surface area contributed by atoms with Crippen molar-refractivity contribution in [1.82, 2.24) is 4.98 Å². The van der Waals surface area contributed by atoms with E-state index in [4.69, 9.17) is 29.7 Å². The van der Waals surface area contributed by atoms with Crippen LogP contribution in [-0.2, 0) is 16.0 Å². The van der Waals surface area contributed by atoms with Gasteiger partial charge in [-0.15, -0.1) is 0 Å². The van der Waals surface area contributed by atoms with Gasteiger partial charge in [-0.05, 0) is 84.5 Å². The number of allylic oxidation sites excluding steroid dienone is 1. The summed E-state index contributed by atoms with van der Waals surface area (Å²) in [5.74, 6) is -0.137. The maximum Gasteiger partial charge on any atom is 0.339 e. The molecule has 5 rings (SSSR count). The van der Waals surface area contributed by atoms with Gasteiger partial charge in [0.25, 0.3) is 5.91 Å². The number of nitrogens with one attached hydrogen (secondary N) is 1. The molecule has 4 aromatic rings. The maximum atomic E-state index is 13.6. The van der Waals surface area contributed by atoms with Crippen molar-refractivity contribution in [3.05, 3.63) is 88.6 Å². The van der Waals surface area contributed by atoms with E-state index in [0.29, 0.717) is 57.1 Å². The fourth-order valence-electron chi connectivity index (χ4n) is 5.21. The normalized spacial score (nSPS) is 13.2. The highest BCUT2D eigenvalue weighted by Crippen LogP contribution is 2.41. The number of carbonyl (C=O) groups excluding carboxylic acids is 3. The van der Waals surface area contributed by atoms with E-state index in [2.05, 4.69) is 5.32 Å². The molecule has 0 fully saturated rings. The maximum absolute atomic E-state index is 13.6. The van der Waals surface area contributed by atoms with Gasteiger partial charge >= 0.3 is 5.97 Å². The van der Waals surface area contributed by atoms with Gasteiger partial charge in [0.1, 0.15) is 0 Å². The van der Waals surface area contributed by atoms with Crippen LogP contribution in [0.2, 0.25) is 0 Å². The minimum atomic E-state index is -0.608. The van der Waals surface area contributed by atoms with E-state index in [9.17, 15) is 14.4 Å². The Morgan fingerprint density at radius 2 is 1.63 bits per heavy atom. The third-order valence-corrected chi connectivity index (χ3v) is 7.19. The average molecular weight is 582 g/mol. The number of primary amides is 1. The molecular formula is C33H31N3O7. The second-order valence-electron chi connectivity index (χ2n) is 9.88. The third-order valence-electron chi connectivity index (χ3n) is 7.19. The molecule has 43 heavy (non-hydrogen) atoms. The lowest BCUT2D eigenvalue weighted by Crippen LogP contribution is -2.22. The first-order valence-corrected chi connectivity index (χ1v) is 13.6. The Bertz CT molecular complexity index is 1720. The van der Waals surface area contributed by atoms with Crippen molar-refractivity contribution in [3.8, 4) is 17.2 Å². The molecule has 1 aromatic heterocycles. The number of pyridine rings is 1. The van der Waals surface area contributed by atoms with Crippen LogP contribution in [0.1, 0.15) is 50.4 Å². The molecule has 10 nitrogen and oxygen atoms in total. The van der Waals surface area contributed by atoms with Crippen molar-refractivity contribution >= 4 is 46.0 Å². The molecule has 10 heteroatoms. The minimum Gasteiger partial charge on any atom is -0.493 e. The van der Waals surface area contributed by atoms with Gasteiger partial charge < -0.3 is 30.0 Å². The molecule has 220 valence electrons. The smallest absolute Gasteiger partial charge is 0.339 e. The largest absolute Gasteiger partial charge is 0.493 e. The number of anilines is 1. The molecule has 3 N–H and O–H groups in total. The number of carbonyl (C=O) groups is 3. The number of hydrogen-bond acceptors (Lipinski definition) is 8. The van der Waals surface area contributed by atoms with E-state index in [1.807, 2.05) is 42.5 Å². The van der Waals surface area contributed by atoms with E-state index < -0.39 is 24.4 Å². The molecule has 0 saturated heterocycles. The van der Waals surface area contributed by atoms with Gasteiger partial charge in [0.2, 0.25) is 11.7 Å². The quantitative estimate of drug-likeness (QED) is 0.262. The number of nitrogens with zero attached hydrogens (tertiary/aromatic N) is 1. The lowest BCUT2D eigenvalue weighted by Gasteiger charge is -2.22. The molecule has 0 spiro atoms. The number of aromatic nitrogens is 1. The lowest BCUT2D eigenvalue weighted by atomic mass is 9.86. The molecule has 1 heterocycles. The van der Waals surface area contributed by atoms with Crippen molar-refractivity contribution in [2.75, 3.05) is 33.3 Å². The summed E-state index contributed by atoms with van der Waals surface area (Å²) >= 11 is 0. The van der Waals surface area contributed by atoms with Crippen molar-refractivity contribution in [2.24, 2.45) is 5.73 Å². The molecule has 0 bridgehead atoms. The van der Waals surface area contributed by atoms with Crippen LogP contribution in [0.5, 0.6) is 17.2 Å². The van der Waals surface area contributed by atoms with Gasteiger partial charge in [0.05, 0.1) is 38.1 Å². The highest BCUT2D eigenvalue weighted by Gasteiger charge is 2.27. The van der Waals surface area contributed by atoms with Crippen LogP contribution in [0.15, 0.2) is 60.7 Å². The number of para-hydroxylation sites is 1. The molecule has 0 atom stereocenters. The minimum absolute atomic E-state index is 0.317. The number of esters is 1. The summed E-state index contributed by atoms with van der Waals surface area (Å²) in [7, 11) is 4.68. The summed E-state index contributed by atoms with van der Waals surface area (Å²) in [4.78, 5) is 42.4. The van der Waals surface area contributed by atoms with Gasteiger partial charge in [0.15, 0.2) is 18.1 Å². The lowest BCUT2D eigenvalue weighted by molar-refractivity contribution is -0.119. The van der Waals surface area contributed by atoms with Gasteiger partial charge in [-0.25, -0.2) is 9.78 Å². The van der Waals surface area contributed by atoms with Gasteiger partial charge in [-0.1, -0.05) is 18.2 Å². The fourth-order valence-corrected chi connectivity index (χ4v) is 5.21. The predicted molar refractivity (Wildman–Crippen MR) is 163 cm³/mol. The predicted octanol–water partition coefficient (Wildman–Crippen LogP) is 5.03. The summed E-state index contributed by atoms with van der Waals surface area (Å²) in [5, 5.41) is 3.31. The Hall–Kier alpha value is -5.38. The first-order valence-electron chi connectivity index (χ1n) is 13.6. The topological polar surface area (TPSA) is 139 Å². The Kier molecular flexibility index (Phi) is 8.56. The van der Waals surface area contributed by atoms with E-state index in [0.717, 1.165) is 29.5 Å². The highest BCUT2D eigenvalue weighted by atomic mass is 16.5. The van der Waals surface area contributed by atoms with Crippen molar-refractivity contribution in [1.29, 1.82) is 0 Å². The number of fused-ring (bicyclic) bond motifs is 2. The van der Waals surface area contributed by atoms with Gasteiger partial charge in [-0.2, -0.15) is 0 Å². The molecule has 0 unspecified atom stereocenters. The standard InChI is InChI=1S/C33H31N3O7/c1-40-26-16-19(17-27(41-2)31(26)42-3)15-21-7-6-9-24-29(23-8-4-5-10-25(23)36-30(21)24)33(39)43-18-28(37)35-22-13-11-20(12-14-22)32(34)38/h4-5,8,10-17H,6-7,9,18H2,1-3H3,(H2,34,38)(H,35,37)/b21-15+. The van der Waals surface area contributed by atoms with Crippen LogP contribution in [0.3, 0.4) is 0 Å². The fraction of sp³-hybridized carbons (Fsp3) is 0.212. The van der Waals surface area contributed by atoms with Crippen LogP contribution in [0.4, 0.5) is 5.69 Å². The van der Waals surface area contributed by atoms with E-state index in [-0.39, 0.29) is 0 Å². The Morgan fingerprint density at radius 1 is 0.930 bits per heavy atom. The van der Waals surface area contributed by atoms with E-state index in [1.54, 1.807) is 33.5 Å². The van der Waals surface area contributed by atoms with Crippen LogP contribution in [0.25, 0.3) is 22.6 Å². The zero-order chi connectivity index (χ0) is 30.5. The van der Waals surface area contributed by atoms with Gasteiger partial charge in [0, 0.05) is 16.6 Å². The van der Waals surface area contributed by atoms with Crippen LogP contribution >= 0.6 is 0 Å². The van der Waals surface area contributed by atoms with Crippen molar-refractivity contribution < 1.29 is 33.3 Å². The van der Waals surface area contributed by atoms with Crippen LogP contribution in [0, 0.1) is 0 Å². The zero-order valence-electron chi connectivity index (χ0n) is 24.1. The molecular weight excluding hydrogens is 550 g/mol. The number of hydrogen-bond donors (Lipinski definition) is 2. The van der Waals surface area contributed by atoms with E-state index in [1.165, 1.54) is 12.1 Å². The summed E-state index contributed by atoms with van der Waals surface area (Å²) in [5.41, 5.74) is 10.3. The third kappa shape index (κ3) is 6.13. The second kappa shape index (κ2) is 12.6. The average Bonchev–Trinajstić information content (AvgIpc) is 3.02. The Morgan fingerprint density at radius 3 is 2.28 bits per heavy atom. The van der Waals surface area contributed by atoms with Crippen LogP contribution in [-0.4, -0.2) is 50.7 Å². The number of nitrogens with two attached hydrogens (primary N) is 1. The monoisotopic (exact) mass is 581 g/mol. The van der Waals surface area contributed by atoms with Gasteiger partial charge in [-0.3, -0.25) is 9.59 Å². The Balaban J connectivity index is 1.46. The summed E-state index contributed by atoms with van der Waals surface area (Å²) < 4.78 is 22.0. The molecule has 1 aliphatic carbocycles. The molecule has 3 aromatic carbocycles. The summed E-state index contributed by atoms with van der Waals surface area (Å²) in [6, 6.07) is 17.2. The Labute approximate surface area is 248 Å². The van der Waals surface area contributed by atoms with E-state index >= 15 is 0 Å². The molecule has 0 saturated carbocycles.